The van der Waals surface area contributed by atoms with E-state index < -0.39 is 0 Å². The molecule has 2 rings (SSSR count). The highest BCUT2D eigenvalue weighted by Crippen LogP contribution is 2.39. The van der Waals surface area contributed by atoms with E-state index in [9.17, 15) is 9.90 Å². The maximum atomic E-state index is 12.4. The van der Waals surface area contributed by atoms with Crippen LogP contribution in [0, 0.1) is 0 Å². The third-order valence-electron chi connectivity index (χ3n) is 5.08. The van der Waals surface area contributed by atoms with Gasteiger partial charge in [0.2, 0.25) is 5.91 Å². The van der Waals surface area contributed by atoms with E-state index in [2.05, 4.69) is 46.9 Å². The molecule has 2 N–H and O–H groups in total. The molecule has 0 heterocycles. The van der Waals surface area contributed by atoms with E-state index in [-0.39, 0.29) is 16.7 Å². The third kappa shape index (κ3) is 6.25. The number of amides is 1. The van der Waals surface area contributed by atoms with E-state index in [0.717, 1.165) is 28.0 Å². The van der Waals surface area contributed by atoms with Crippen LogP contribution in [-0.4, -0.2) is 18.1 Å². The van der Waals surface area contributed by atoms with Crippen LogP contribution in [0.15, 0.2) is 36.4 Å². The molecule has 0 aliphatic carbocycles. The first-order valence-electron chi connectivity index (χ1n) is 10.2. The second kappa shape index (κ2) is 8.89. The first-order chi connectivity index (χ1) is 13.4. The standard InChI is InChI=1S/C25H35NO3/c1-24(2,3)20-14-18(15-21(23(20)28)25(4,5)6)10-13-22(27)26-16-17-8-11-19(29-7)12-9-17/h8-9,11-12,14-15,28H,10,13,16H2,1-7H3,(H,26,27). The van der Waals surface area contributed by atoms with Crippen LogP contribution in [0.1, 0.15) is 70.2 Å². The fourth-order valence-corrected chi connectivity index (χ4v) is 3.27. The number of hydrogen-bond donors (Lipinski definition) is 2. The van der Waals surface area contributed by atoms with Crippen LogP contribution in [-0.2, 0) is 28.6 Å². The summed E-state index contributed by atoms with van der Waals surface area (Å²) in [7, 11) is 1.64. The summed E-state index contributed by atoms with van der Waals surface area (Å²) in [5, 5.41) is 13.8. The summed E-state index contributed by atoms with van der Waals surface area (Å²) in [6.07, 6.45) is 1.05. The van der Waals surface area contributed by atoms with Crippen molar-refractivity contribution in [1.82, 2.24) is 5.32 Å². The number of ether oxygens (including phenoxy) is 1. The molecule has 29 heavy (non-hydrogen) atoms. The van der Waals surface area contributed by atoms with Gasteiger partial charge >= 0.3 is 0 Å². The lowest BCUT2D eigenvalue weighted by Crippen LogP contribution is -2.23. The quantitative estimate of drug-likeness (QED) is 0.700. The van der Waals surface area contributed by atoms with Crippen molar-refractivity contribution in [1.29, 1.82) is 0 Å². The number of phenolic OH excluding ortho intramolecular Hbond substituents is 1. The van der Waals surface area contributed by atoms with E-state index in [1.54, 1.807) is 7.11 Å². The number of benzene rings is 2. The molecule has 1 amide bonds. The van der Waals surface area contributed by atoms with Crippen molar-refractivity contribution in [3.63, 3.8) is 0 Å². The molecular weight excluding hydrogens is 362 g/mol. The first-order valence-corrected chi connectivity index (χ1v) is 10.2. The van der Waals surface area contributed by atoms with Gasteiger partial charge in [0.15, 0.2) is 0 Å². The van der Waals surface area contributed by atoms with Crippen LogP contribution in [0.4, 0.5) is 0 Å². The molecule has 0 unspecified atom stereocenters. The van der Waals surface area contributed by atoms with Gasteiger partial charge in [0.05, 0.1) is 7.11 Å². The monoisotopic (exact) mass is 397 g/mol. The van der Waals surface area contributed by atoms with Crippen molar-refractivity contribution >= 4 is 5.91 Å². The van der Waals surface area contributed by atoms with Crippen LogP contribution >= 0.6 is 0 Å². The zero-order valence-electron chi connectivity index (χ0n) is 18.8. The number of rotatable bonds is 6. The number of aryl methyl sites for hydroxylation is 1. The van der Waals surface area contributed by atoms with Crippen molar-refractivity contribution < 1.29 is 14.6 Å². The summed E-state index contributed by atoms with van der Waals surface area (Å²) in [4.78, 5) is 12.4. The summed E-state index contributed by atoms with van der Waals surface area (Å²) >= 11 is 0. The van der Waals surface area contributed by atoms with Gasteiger partial charge in [0.25, 0.3) is 0 Å². The molecule has 0 fully saturated rings. The maximum Gasteiger partial charge on any atom is 0.220 e. The number of aromatic hydroxyl groups is 1. The molecule has 0 bridgehead atoms. The molecule has 0 saturated heterocycles. The lowest BCUT2D eigenvalue weighted by molar-refractivity contribution is -0.121. The summed E-state index contributed by atoms with van der Waals surface area (Å²) < 4.78 is 5.15. The minimum Gasteiger partial charge on any atom is -0.507 e. The largest absolute Gasteiger partial charge is 0.507 e. The Balaban J connectivity index is 2.07. The van der Waals surface area contributed by atoms with Gasteiger partial charge in [0.1, 0.15) is 11.5 Å². The van der Waals surface area contributed by atoms with E-state index in [4.69, 9.17) is 4.74 Å². The van der Waals surface area contributed by atoms with Gasteiger partial charge in [-0.1, -0.05) is 65.8 Å². The molecule has 158 valence electrons. The second-order valence-electron chi connectivity index (χ2n) is 9.66. The average molecular weight is 398 g/mol. The highest BCUT2D eigenvalue weighted by Gasteiger charge is 2.26. The van der Waals surface area contributed by atoms with Crippen LogP contribution in [0.25, 0.3) is 0 Å². The molecule has 0 aliphatic heterocycles. The van der Waals surface area contributed by atoms with Crippen LogP contribution in [0.3, 0.4) is 0 Å². The molecule has 4 nitrogen and oxygen atoms in total. The number of methoxy groups -OCH3 is 1. The molecule has 4 heteroatoms. The Morgan fingerprint density at radius 3 is 1.90 bits per heavy atom. The van der Waals surface area contributed by atoms with Gasteiger partial charge in [0, 0.05) is 13.0 Å². The predicted molar refractivity (Wildman–Crippen MR) is 119 cm³/mol. The molecular formula is C25H35NO3. The predicted octanol–water partition coefficient (Wildman–Crippen LogP) is 5.24. The molecule has 0 aromatic heterocycles. The summed E-state index contributed by atoms with van der Waals surface area (Å²) in [6, 6.07) is 11.8. The number of phenols is 1. The number of nitrogens with one attached hydrogen (secondary N) is 1. The SMILES string of the molecule is COc1ccc(CNC(=O)CCc2cc(C(C)(C)C)c(O)c(C(C)(C)C)c2)cc1. The Morgan fingerprint density at radius 1 is 0.931 bits per heavy atom. The molecule has 0 atom stereocenters. The van der Waals surface area contributed by atoms with Crippen LogP contribution in [0.2, 0.25) is 0 Å². The van der Waals surface area contributed by atoms with Crippen LogP contribution < -0.4 is 10.1 Å². The smallest absolute Gasteiger partial charge is 0.220 e. The van der Waals surface area contributed by atoms with E-state index >= 15 is 0 Å². The molecule has 0 spiro atoms. The summed E-state index contributed by atoms with van der Waals surface area (Å²) in [5.74, 6) is 1.19. The van der Waals surface area contributed by atoms with Gasteiger partial charge in [-0.15, -0.1) is 0 Å². The van der Waals surface area contributed by atoms with Gasteiger partial charge in [-0.3, -0.25) is 4.79 Å². The highest BCUT2D eigenvalue weighted by molar-refractivity contribution is 5.76. The Hall–Kier alpha value is -2.49. The average Bonchev–Trinajstić information content (AvgIpc) is 2.64. The van der Waals surface area contributed by atoms with Crippen molar-refractivity contribution in [3.05, 3.63) is 58.7 Å². The van der Waals surface area contributed by atoms with Crippen molar-refractivity contribution in [2.75, 3.05) is 7.11 Å². The van der Waals surface area contributed by atoms with Crippen molar-refractivity contribution in [3.8, 4) is 11.5 Å². The molecule has 0 saturated carbocycles. The minimum atomic E-state index is -0.170. The normalized spacial score (nSPS) is 12.0. The molecule has 2 aromatic rings. The molecule has 0 radical (unpaired) electrons. The van der Waals surface area contributed by atoms with Gasteiger partial charge in [-0.05, 0) is 51.6 Å². The first kappa shape index (κ1) is 22.8. The third-order valence-corrected chi connectivity index (χ3v) is 5.08. The highest BCUT2D eigenvalue weighted by atomic mass is 16.5. The van der Waals surface area contributed by atoms with Crippen LogP contribution in [0.5, 0.6) is 11.5 Å². The lowest BCUT2D eigenvalue weighted by Gasteiger charge is -2.28. The zero-order valence-corrected chi connectivity index (χ0v) is 18.8. The number of carbonyl (C=O) groups excluding carboxylic acids is 1. The van der Waals surface area contributed by atoms with E-state index in [1.807, 2.05) is 36.4 Å². The number of carbonyl (C=O) groups is 1. The maximum absolute atomic E-state index is 12.4. The number of hydrogen-bond acceptors (Lipinski definition) is 3. The fourth-order valence-electron chi connectivity index (χ4n) is 3.27. The van der Waals surface area contributed by atoms with Gasteiger partial charge in [-0.25, -0.2) is 0 Å². The minimum absolute atomic E-state index is 0.0171. The Labute approximate surface area is 175 Å². The molecule has 2 aromatic carbocycles. The summed E-state index contributed by atoms with van der Waals surface area (Å²) in [5.41, 5.74) is 3.64. The molecule has 0 aliphatic rings. The van der Waals surface area contributed by atoms with E-state index in [0.29, 0.717) is 25.1 Å². The fraction of sp³-hybridized carbons (Fsp3) is 0.480. The Bertz CT molecular complexity index is 805. The Morgan fingerprint density at radius 2 is 1.45 bits per heavy atom. The zero-order chi connectivity index (χ0) is 21.8. The van der Waals surface area contributed by atoms with Crippen molar-refractivity contribution in [2.45, 2.75) is 71.8 Å². The van der Waals surface area contributed by atoms with Gasteiger partial charge < -0.3 is 15.2 Å². The topological polar surface area (TPSA) is 58.6 Å². The lowest BCUT2D eigenvalue weighted by atomic mass is 9.78. The van der Waals surface area contributed by atoms with E-state index in [1.165, 1.54) is 0 Å². The second-order valence-corrected chi connectivity index (χ2v) is 9.66. The summed E-state index contributed by atoms with van der Waals surface area (Å²) in [6.45, 7) is 13.1. The van der Waals surface area contributed by atoms with Gasteiger partial charge in [-0.2, -0.15) is 0 Å². The van der Waals surface area contributed by atoms with Crippen molar-refractivity contribution in [2.24, 2.45) is 0 Å². The Kier molecular flexibility index (Phi) is 6.99.